The van der Waals surface area contributed by atoms with E-state index in [9.17, 15) is 22.4 Å². The summed E-state index contributed by atoms with van der Waals surface area (Å²) in [4.78, 5) is 12.6. The number of rotatable bonds is 4. The van der Waals surface area contributed by atoms with Gasteiger partial charge in [-0.25, -0.2) is 9.07 Å². The number of nitrogens with one attached hydrogen (secondary N) is 1. The van der Waals surface area contributed by atoms with Crippen LogP contribution in [0.4, 0.5) is 17.6 Å². The van der Waals surface area contributed by atoms with Crippen molar-refractivity contribution in [3.05, 3.63) is 76.8 Å². The molecule has 0 fully saturated rings. The van der Waals surface area contributed by atoms with Gasteiger partial charge in [-0.2, -0.15) is 18.3 Å². The quantitative estimate of drug-likeness (QED) is 0.412. The van der Waals surface area contributed by atoms with Crippen LogP contribution in [0.2, 0.25) is 5.02 Å². The van der Waals surface area contributed by atoms with Gasteiger partial charge in [0, 0.05) is 12.6 Å². The smallest absolute Gasteiger partial charge is 0.355 e. The standard InChI is InChI=1S/C21H13ClF4N4O2/c1-27-20(31)16-17(13-7-2-3-8-15(13)22)29-32-18(16)14-10-28-30(19(14)21(24,25)26)12-6-4-5-11(23)9-12/h2-10H,1H3,(H,27,31). The monoisotopic (exact) mass is 464 g/mol. The van der Waals surface area contributed by atoms with Crippen molar-refractivity contribution in [3.8, 4) is 28.3 Å². The second-order valence-corrected chi connectivity index (χ2v) is 7.00. The summed E-state index contributed by atoms with van der Waals surface area (Å²) in [6, 6.07) is 10.9. The Hall–Kier alpha value is -3.66. The third-order valence-corrected chi connectivity index (χ3v) is 4.94. The molecule has 6 nitrogen and oxygen atoms in total. The summed E-state index contributed by atoms with van der Waals surface area (Å²) < 4.78 is 61.6. The van der Waals surface area contributed by atoms with Crippen molar-refractivity contribution < 1.29 is 26.9 Å². The molecule has 0 aliphatic carbocycles. The molecule has 4 rings (SSSR count). The zero-order valence-electron chi connectivity index (χ0n) is 16.2. The fourth-order valence-corrected chi connectivity index (χ4v) is 3.46. The van der Waals surface area contributed by atoms with E-state index in [1.165, 1.54) is 19.2 Å². The normalized spacial score (nSPS) is 11.6. The number of hydrogen-bond donors (Lipinski definition) is 1. The predicted octanol–water partition coefficient (Wildman–Crippen LogP) is 5.37. The minimum atomic E-state index is -4.92. The number of hydrogen-bond acceptors (Lipinski definition) is 4. The molecule has 1 amide bonds. The molecule has 0 spiro atoms. The Balaban J connectivity index is 1.99. The molecule has 2 heterocycles. The summed E-state index contributed by atoms with van der Waals surface area (Å²) >= 11 is 6.19. The Morgan fingerprint density at radius 1 is 1.12 bits per heavy atom. The number of nitrogens with zero attached hydrogens (tertiary/aromatic N) is 3. The molecule has 0 aliphatic rings. The number of benzene rings is 2. The molecule has 0 atom stereocenters. The predicted molar refractivity (Wildman–Crippen MR) is 108 cm³/mol. The highest BCUT2D eigenvalue weighted by molar-refractivity contribution is 6.33. The van der Waals surface area contributed by atoms with Crippen LogP contribution >= 0.6 is 11.6 Å². The maximum Gasteiger partial charge on any atom is 0.434 e. The Morgan fingerprint density at radius 2 is 1.88 bits per heavy atom. The van der Waals surface area contributed by atoms with Crippen LogP contribution in [-0.4, -0.2) is 27.9 Å². The molecule has 1 N–H and O–H groups in total. The zero-order valence-corrected chi connectivity index (χ0v) is 17.0. The van der Waals surface area contributed by atoms with E-state index in [0.29, 0.717) is 10.2 Å². The number of carbonyl (C=O) groups excluding carboxylic acids is 1. The number of alkyl halides is 3. The van der Waals surface area contributed by atoms with Crippen LogP contribution in [0.15, 0.2) is 59.3 Å². The first-order valence-corrected chi connectivity index (χ1v) is 9.48. The van der Waals surface area contributed by atoms with Crippen LogP contribution in [0.3, 0.4) is 0 Å². The molecular weight excluding hydrogens is 452 g/mol. The average molecular weight is 465 g/mol. The van der Waals surface area contributed by atoms with Crippen molar-refractivity contribution in [1.82, 2.24) is 20.3 Å². The molecule has 0 saturated heterocycles. The number of amides is 1. The lowest BCUT2D eigenvalue weighted by Crippen LogP contribution is -2.19. The van der Waals surface area contributed by atoms with Crippen LogP contribution in [0.25, 0.3) is 28.3 Å². The highest BCUT2D eigenvalue weighted by Crippen LogP contribution is 2.42. The fourth-order valence-electron chi connectivity index (χ4n) is 3.24. The van der Waals surface area contributed by atoms with Crippen LogP contribution < -0.4 is 5.32 Å². The largest absolute Gasteiger partial charge is 0.434 e. The molecule has 0 bridgehead atoms. The van der Waals surface area contributed by atoms with E-state index in [0.717, 1.165) is 18.3 Å². The third-order valence-electron chi connectivity index (χ3n) is 4.61. The van der Waals surface area contributed by atoms with Gasteiger partial charge in [0.25, 0.3) is 5.91 Å². The maximum atomic E-state index is 14.1. The minimum Gasteiger partial charge on any atom is -0.355 e. The first-order valence-electron chi connectivity index (χ1n) is 9.10. The molecule has 164 valence electrons. The molecule has 32 heavy (non-hydrogen) atoms. The minimum absolute atomic E-state index is 0.0309. The van der Waals surface area contributed by atoms with Crippen molar-refractivity contribution in [2.24, 2.45) is 0 Å². The van der Waals surface area contributed by atoms with Gasteiger partial charge in [0.2, 0.25) is 0 Å². The third kappa shape index (κ3) is 3.73. The lowest BCUT2D eigenvalue weighted by atomic mass is 10.0. The lowest BCUT2D eigenvalue weighted by molar-refractivity contribution is -0.142. The first-order chi connectivity index (χ1) is 15.2. The summed E-state index contributed by atoms with van der Waals surface area (Å²) in [5.41, 5.74) is -1.92. The molecule has 0 unspecified atom stereocenters. The van der Waals surface area contributed by atoms with Crippen LogP contribution in [0.1, 0.15) is 16.1 Å². The highest BCUT2D eigenvalue weighted by Gasteiger charge is 2.41. The zero-order chi connectivity index (χ0) is 23.0. The molecule has 0 aliphatic heterocycles. The van der Waals surface area contributed by atoms with Crippen molar-refractivity contribution in [2.45, 2.75) is 6.18 Å². The van der Waals surface area contributed by atoms with Crippen LogP contribution in [0.5, 0.6) is 0 Å². The van der Waals surface area contributed by atoms with E-state index in [2.05, 4.69) is 15.6 Å². The van der Waals surface area contributed by atoms with Crippen LogP contribution in [0, 0.1) is 5.82 Å². The van der Waals surface area contributed by atoms with Gasteiger partial charge in [0.15, 0.2) is 11.5 Å². The Morgan fingerprint density at radius 3 is 2.53 bits per heavy atom. The van der Waals surface area contributed by atoms with Crippen molar-refractivity contribution in [3.63, 3.8) is 0 Å². The van der Waals surface area contributed by atoms with E-state index in [1.807, 2.05) is 0 Å². The lowest BCUT2D eigenvalue weighted by Gasteiger charge is -2.12. The Bertz CT molecular complexity index is 1310. The summed E-state index contributed by atoms with van der Waals surface area (Å²) in [5.74, 6) is -1.92. The highest BCUT2D eigenvalue weighted by atomic mass is 35.5. The summed E-state index contributed by atoms with van der Waals surface area (Å²) in [7, 11) is 1.32. The van der Waals surface area contributed by atoms with Gasteiger partial charge in [-0.15, -0.1) is 0 Å². The van der Waals surface area contributed by atoms with E-state index in [4.69, 9.17) is 16.1 Å². The van der Waals surface area contributed by atoms with Gasteiger partial charge in [-0.3, -0.25) is 4.79 Å². The number of aromatic nitrogens is 3. The molecule has 0 radical (unpaired) electrons. The van der Waals surface area contributed by atoms with Gasteiger partial charge in [0.05, 0.1) is 22.5 Å². The summed E-state index contributed by atoms with van der Waals surface area (Å²) in [5, 5.41) is 10.2. The molecule has 2 aromatic heterocycles. The average Bonchev–Trinajstić information content (AvgIpc) is 3.38. The Labute approximate surface area is 183 Å². The summed E-state index contributed by atoms with van der Waals surface area (Å²) in [6.45, 7) is 0. The SMILES string of the molecule is CNC(=O)c1c(-c2ccccc2Cl)noc1-c1cnn(-c2cccc(F)c2)c1C(F)(F)F. The van der Waals surface area contributed by atoms with Gasteiger partial charge in [0.1, 0.15) is 17.1 Å². The fraction of sp³-hybridized carbons (Fsp3) is 0.0952. The van der Waals surface area contributed by atoms with E-state index >= 15 is 0 Å². The van der Waals surface area contributed by atoms with Crippen molar-refractivity contribution in [1.29, 1.82) is 0 Å². The van der Waals surface area contributed by atoms with E-state index in [-0.39, 0.29) is 22.0 Å². The molecule has 2 aromatic carbocycles. The van der Waals surface area contributed by atoms with Gasteiger partial charge < -0.3 is 9.84 Å². The second-order valence-electron chi connectivity index (χ2n) is 6.59. The van der Waals surface area contributed by atoms with E-state index < -0.39 is 34.9 Å². The number of carbonyl (C=O) groups is 1. The summed E-state index contributed by atoms with van der Waals surface area (Å²) in [6.07, 6.45) is -4.04. The molecule has 11 heteroatoms. The van der Waals surface area contributed by atoms with Gasteiger partial charge in [-0.1, -0.05) is 41.0 Å². The van der Waals surface area contributed by atoms with Crippen molar-refractivity contribution >= 4 is 17.5 Å². The molecule has 4 aromatic rings. The first kappa shape index (κ1) is 21.6. The van der Waals surface area contributed by atoms with E-state index in [1.54, 1.807) is 24.3 Å². The second kappa shape index (κ2) is 8.12. The van der Waals surface area contributed by atoms with Gasteiger partial charge >= 0.3 is 6.18 Å². The number of halogens is 5. The molecule has 0 saturated carbocycles. The van der Waals surface area contributed by atoms with Crippen LogP contribution in [-0.2, 0) is 6.18 Å². The topological polar surface area (TPSA) is 73.0 Å². The Kier molecular flexibility index (Phi) is 5.47. The maximum absolute atomic E-state index is 14.1. The molecular formula is C21H13ClF4N4O2. The van der Waals surface area contributed by atoms with Gasteiger partial charge in [-0.05, 0) is 24.3 Å². The van der Waals surface area contributed by atoms with Crippen molar-refractivity contribution in [2.75, 3.05) is 7.05 Å².